The third-order valence-corrected chi connectivity index (χ3v) is 15.5. The van der Waals surface area contributed by atoms with Crippen LogP contribution in [0.2, 0.25) is 0 Å². The molecule has 2 aliphatic heterocycles. The van der Waals surface area contributed by atoms with Crippen molar-refractivity contribution in [3.05, 3.63) is 120 Å². The van der Waals surface area contributed by atoms with Crippen LogP contribution in [-0.2, 0) is 44.2 Å². The Morgan fingerprint density at radius 3 is 1.90 bits per heavy atom. The van der Waals surface area contributed by atoms with Crippen LogP contribution in [0.3, 0.4) is 0 Å². The summed E-state index contributed by atoms with van der Waals surface area (Å²) in [7, 11) is -4.94. The van der Waals surface area contributed by atoms with E-state index >= 15 is 16.8 Å². The number of sulfone groups is 1. The quantitative estimate of drug-likeness (QED) is 0.122. The highest BCUT2D eigenvalue weighted by atomic mass is 32.2. The summed E-state index contributed by atoms with van der Waals surface area (Å²) in [5, 5.41) is 15.0. The van der Waals surface area contributed by atoms with Gasteiger partial charge < -0.3 is 29.2 Å². The Bertz CT molecular complexity index is 2980. The largest absolute Gasteiger partial charge is 0.497 e. The SMILES string of the molecule is COc1ccc(CN(Cc2ccc(OC)cc2)S(=O)(=O)c2c(S(=O)(=O)C3CN(C(=O)OC(C)(C)C)C3)ccc(-c3ccnc(N4CCNC4=O)c3)c2-c2nnn(Cc3ccc(OC)cc3)n2)cc1. The molecule has 0 saturated carbocycles. The molecule has 8 rings (SSSR count). The number of hydrogen-bond acceptors (Lipinski definition) is 14. The summed E-state index contributed by atoms with van der Waals surface area (Å²) >= 11 is 0. The molecule has 1 N–H and O–H groups in total. The number of sulfonamides is 1. The van der Waals surface area contributed by atoms with Crippen LogP contribution in [0.4, 0.5) is 15.4 Å². The number of hydrogen-bond donors (Lipinski definition) is 1. The second-order valence-electron chi connectivity index (χ2n) is 17.1. The Morgan fingerprint density at radius 1 is 0.794 bits per heavy atom. The number of methoxy groups -OCH3 is 3. The van der Waals surface area contributed by atoms with Gasteiger partial charge in [-0.1, -0.05) is 42.5 Å². The molecule has 3 amide bonds. The fourth-order valence-electron chi connectivity index (χ4n) is 7.75. The van der Waals surface area contributed by atoms with E-state index in [-0.39, 0.29) is 61.5 Å². The number of ether oxygens (including phenoxy) is 4. The van der Waals surface area contributed by atoms with E-state index in [1.807, 2.05) is 12.1 Å². The maximum absolute atomic E-state index is 16.1. The van der Waals surface area contributed by atoms with Crippen molar-refractivity contribution in [2.24, 2.45) is 0 Å². The van der Waals surface area contributed by atoms with Crippen LogP contribution < -0.4 is 24.4 Å². The smallest absolute Gasteiger partial charge is 0.410 e. The fourth-order valence-corrected chi connectivity index (χ4v) is 11.8. The van der Waals surface area contributed by atoms with Crippen LogP contribution in [0.15, 0.2) is 113 Å². The van der Waals surface area contributed by atoms with E-state index in [0.717, 1.165) is 5.56 Å². The molecule has 4 aromatic carbocycles. The number of nitrogens with zero attached hydrogens (tertiary/aromatic N) is 8. The van der Waals surface area contributed by atoms with Crippen molar-refractivity contribution in [2.45, 2.75) is 61.0 Å². The van der Waals surface area contributed by atoms with Gasteiger partial charge in [0, 0.05) is 45.5 Å². The second kappa shape index (κ2) is 19.2. The van der Waals surface area contributed by atoms with Gasteiger partial charge in [0.05, 0.1) is 38.3 Å². The van der Waals surface area contributed by atoms with Crippen molar-refractivity contribution in [3.63, 3.8) is 0 Å². The minimum Gasteiger partial charge on any atom is -0.497 e. The van der Waals surface area contributed by atoms with Gasteiger partial charge in [-0.3, -0.25) is 4.90 Å². The number of urea groups is 1. The van der Waals surface area contributed by atoms with Gasteiger partial charge in [0.2, 0.25) is 15.8 Å². The molecule has 356 valence electrons. The molecule has 2 saturated heterocycles. The third-order valence-electron chi connectivity index (χ3n) is 11.3. The second-order valence-corrected chi connectivity index (χ2v) is 21.2. The first kappa shape index (κ1) is 47.4. The van der Waals surface area contributed by atoms with Gasteiger partial charge in [0.25, 0.3) is 0 Å². The molecule has 21 heteroatoms. The number of benzene rings is 4. The first-order valence-electron chi connectivity index (χ1n) is 21.5. The number of carbonyl (C=O) groups is 2. The van der Waals surface area contributed by atoms with Gasteiger partial charge in [-0.05, 0) is 108 Å². The Kier molecular flexibility index (Phi) is 13.4. The molecule has 0 atom stereocenters. The van der Waals surface area contributed by atoms with E-state index < -0.39 is 46.6 Å². The molecule has 0 unspecified atom stereocenters. The number of aromatic nitrogens is 5. The van der Waals surface area contributed by atoms with Crippen LogP contribution in [0, 0.1) is 0 Å². The summed E-state index contributed by atoms with van der Waals surface area (Å²) in [4.78, 5) is 33.2. The molecule has 4 heterocycles. The van der Waals surface area contributed by atoms with E-state index in [4.69, 9.17) is 24.0 Å². The topological polar surface area (TPSA) is 218 Å². The van der Waals surface area contributed by atoms with Crippen LogP contribution in [-0.4, -0.2) is 122 Å². The van der Waals surface area contributed by atoms with Crippen molar-refractivity contribution < 1.29 is 45.4 Å². The highest BCUT2D eigenvalue weighted by Crippen LogP contribution is 2.43. The Morgan fingerprint density at radius 2 is 1.37 bits per heavy atom. The molecule has 0 radical (unpaired) electrons. The first-order valence-corrected chi connectivity index (χ1v) is 24.5. The number of tetrazole rings is 1. The van der Waals surface area contributed by atoms with E-state index in [9.17, 15) is 9.59 Å². The highest BCUT2D eigenvalue weighted by molar-refractivity contribution is 7.94. The van der Waals surface area contributed by atoms with Gasteiger partial charge >= 0.3 is 12.1 Å². The lowest BCUT2D eigenvalue weighted by atomic mass is 9.99. The Hall–Kier alpha value is -7.10. The lowest BCUT2D eigenvalue weighted by Crippen LogP contribution is -2.57. The zero-order valence-electron chi connectivity index (χ0n) is 38.3. The summed E-state index contributed by atoms with van der Waals surface area (Å²) < 4.78 is 85.4. The number of rotatable bonds is 16. The van der Waals surface area contributed by atoms with Crippen LogP contribution in [0.5, 0.6) is 17.2 Å². The number of likely N-dealkylation sites (tertiary alicyclic amines) is 1. The Labute approximate surface area is 394 Å². The molecule has 19 nitrogen and oxygen atoms in total. The first-order chi connectivity index (χ1) is 32.5. The monoisotopic (exact) mass is 965 g/mol. The highest BCUT2D eigenvalue weighted by Gasteiger charge is 2.46. The average Bonchev–Trinajstić information content (AvgIpc) is 3.96. The van der Waals surface area contributed by atoms with E-state index in [2.05, 4.69) is 20.6 Å². The maximum atomic E-state index is 16.1. The number of nitrogens with one attached hydrogen (secondary N) is 1. The maximum Gasteiger partial charge on any atom is 0.410 e. The van der Waals surface area contributed by atoms with Gasteiger partial charge in [-0.2, -0.15) is 9.10 Å². The van der Waals surface area contributed by atoms with E-state index in [1.165, 1.54) is 51.5 Å². The molecule has 68 heavy (non-hydrogen) atoms. The van der Waals surface area contributed by atoms with Gasteiger partial charge in [-0.25, -0.2) is 31.4 Å². The molecule has 0 bridgehead atoms. The molecule has 6 aromatic rings. The predicted molar refractivity (Wildman–Crippen MR) is 251 cm³/mol. The molecule has 2 aromatic heterocycles. The zero-order chi connectivity index (χ0) is 48.4. The molecular weight excluding hydrogens is 915 g/mol. The number of pyridine rings is 1. The van der Waals surface area contributed by atoms with E-state index in [1.54, 1.807) is 101 Å². The van der Waals surface area contributed by atoms with Gasteiger partial charge in [0.1, 0.15) is 38.8 Å². The van der Waals surface area contributed by atoms with Crippen LogP contribution in [0.25, 0.3) is 22.5 Å². The van der Waals surface area contributed by atoms with Crippen molar-refractivity contribution in [1.82, 2.24) is 39.7 Å². The minimum atomic E-state index is -4.95. The molecule has 2 aliphatic rings. The predicted octanol–water partition coefficient (Wildman–Crippen LogP) is 5.79. The van der Waals surface area contributed by atoms with Gasteiger partial charge in [0.15, 0.2) is 9.84 Å². The van der Waals surface area contributed by atoms with Crippen LogP contribution >= 0.6 is 0 Å². The molecular formula is C47H51N9O10S2. The standard InChI is InChI=1S/C47H51N9O10S2/c1-47(2,3)66-46(58)53-29-38(30-53)67(59,60)40-20-19-39(34-21-22-48-41(25-34)55-24-23-49-45(55)57)42(44-50-52-56(51-44)28-33-11-17-37(65-6)18-12-33)43(40)68(61,62)54(26-31-7-13-35(63-4)14-8-31)27-32-9-15-36(64-5)16-10-32/h7-22,25,38H,23-24,26-30H2,1-6H3,(H,49,57). The average molecular weight is 966 g/mol. The number of amides is 3. The van der Waals surface area contributed by atoms with Gasteiger partial charge in [-0.15, -0.1) is 10.2 Å². The van der Waals surface area contributed by atoms with Crippen molar-refractivity contribution in [1.29, 1.82) is 0 Å². The molecule has 0 spiro atoms. The van der Waals surface area contributed by atoms with E-state index in [0.29, 0.717) is 47.0 Å². The fraction of sp³-hybridized carbons (Fsp3) is 0.319. The number of carbonyl (C=O) groups excluding carboxylic acids is 2. The molecule has 0 aliphatic carbocycles. The minimum absolute atomic E-state index is 0.111. The molecule has 2 fully saturated rings. The zero-order valence-corrected chi connectivity index (χ0v) is 40.0. The summed E-state index contributed by atoms with van der Waals surface area (Å²) in [5.74, 6) is 1.82. The summed E-state index contributed by atoms with van der Waals surface area (Å²) in [5.41, 5.74) is 1.51. The third kappa shape index (κ3) is 10.1. The van der Waals surface area contributed by atoms with Crippen molar-refractivity contribution >= 4 is 37.8 Å². The lowest BCUT2D eigenvalue weighted by Gasteiger charge is -2.39. The summed E-state index contributed by atoms with van der Waals surface area (Å²) in [6.45, 7) is 5.01. The van der Waals surface area contributed by atoms with Crippen molar-refractivity contribution in [3.8, 4) is 39.8 Å². The van der Waals surface area contributed by atoms with Crippen molar-refractivity contribution in [2.75, 3.05) is 52.4 Å². The Balaban J connectivity index is 1.35. The summed E-state index contributed by atoms with van der Waals surface area (Å²) in [6.07, 6.45) is 0.780. The lowest BCUT2D eigenvalue weighted by molar-refractivity contribution is 0.0139. The normalized spacial score (nSPS) is 14.4. The summed E-state index contributed by atoms with van der Waals surface area (Å²) in [6, 6.07) is 26.5. The number of anilines is 1. The van der Waals surface area contributed by atoms with Crippen LogP contribution in [0.1, 0.15) is 37.5 Å².